The van der Waals surface area contributed by atoms with E-state index in [1.54, 1.807) is 6.20 Å². The molecule has 0 aliphatic carbocycles. The van der Waals surface area contributed by atoms with Crippen LogP contribution >= 0.6 is 0 Å². The van der Waals surface area contributed by atoms with E-state index < -0.39 is 12.0 Å². The van der Waals surface area contributed by atoms with Crippen molar-refractivity contribution in [3.05, 3.63) is 18.2 Å². The molecule has 0 spiro atoms. The van der Waals surface area contributed by atoms with Gasteiger partial charge in [-0.25, -0.2) is 4.98 Å². The molecule has 16 heavy (non-hydrogen) atoms. The van der Waals surface area contributed by atoms with E-state index in [2.05, 4.69) is 4.98 Å². The quantitative estimate of drug-likeness (QED) is 0.693. The molecular weight excluding hydrogens is 208 g/mol. The van der Waals surface area contributed by atoms with Crippen LogP contribution in [-0.2, 0) is 18.4 Å². The summed E-state index contributed by atoms with van der Waals surface area (Å²) in [5.74, 6) is -0.00297. The lowest BCUT2D eigenvalue weighted by Gasteiger charge is -2.17. The highest BCUT2D eigenvalue weighted by molar-refractivity contribution is 5.72. The molecule has 0 fully saturated rings. The second-order valence-corrected chi connectivity index (χ2v) is 3.93. The SMILES string of the molecule is CN(CCC(N)C(=O)O)Cc1nccn1C. The molecule has 1 heterocycles. The third-order valence-electron chi connectivity index (χ3n) is 2.47. The van der Waals surface area contributed by atoms with Crippen molar-refractivity contribution >= 4 is 5.97 Å². The Hall–Kier alpha value is -1.40. The molecule has 0 bridgehead atoms. The van der Waals surface area contributed by atoms with Crippen LogP contribution in [0.3, 0.4) is 0 Å². The first-order chi connectivity index (χ1) is 7.50. The number of imidazole rings is 1. The highest BCUT2D eigenvalue weighted by Crippen LogP contribution is 2.00. The molecule has 0 amide bonds. The maximum absolute atomic E-state index is 10.5. The van der Waals surface area contributed by atoms with Crippen LogP contribution in [-0.4, -0.2) is 45.2 Å². The fraction of sp³-hybridized carbons (Fsp3) is 0.600. The summed E-state index contributed by atoms with van der Waals surface area (Å²) in [7, 11) is 3.85. The van der Waals surface area contributed by atoms with Crippen molar-refractivity contribution in [3.8, 4) is 0 Å². The number of carboxylic acid groups (broad SMARTS) is 1. The summed E-state index contributed by atoms with van der Waals surface area (Å²) in [6, 6.07) is -0.788. The van der Waals surface area contributed by atoms with Crippen LogP contribution in [0.1, 0.15) is 12.2 Å². The smallest absolute Gasteiger partial charge is 0.320 e. The van der Waals surface area contributed by atoms with Gasteiger partial charge >= 0.3 is 5.97 Å². The molecule has 0 saturated heterocycles. The van der Waals surface area contributed by atoms with Crippen molar-refractivity contribution in [1.29, 1.82) is 0 Å². The van der Waals surface area contributed by atoms with Gasteiger partial charge in [0.15, 0.2) is 0 Å². The predicted molar refractivity (Wildman–Crippen MR) is 59.8 cm³/mol. The molecule has 3 N–H and O–H groups in total. The van der Waals surface area contributed by atoms with E-state index in [9.17, 15) is 4.79 Å². The lowest BCUT2D eigenvalue weighted by atomic mass is 10.2. The Kier molecular flexibility index (Phi) is 4.45. The average Bonchev–Trinajstić information content (AvgIpc) is 2.60. The molecule has 6 nitrogen and oxygen atoms in total. The van der Waals surface area contributed by atoms with E-state index in [-0.39, 0.29) is 0 Å². The predicted octanol–water partition coefficient (Wildman–Crippen LogP) is -0.346. The molecular formula is C10H18N4O2. The minimum absolute atomic E-state index is 0.441. The molecule has 1 aromatic heterocycles. The lowest BCUT2D eigenvalue weighted by Crippen LogP contribution is -2.34. The van der Waals surface area contributed by atoms with Gasteiger partial charge in [0, 0.05) is 26.0 Å². The number of aliphatic carboxylic acids is 1. The highest BCUT2D eigenvalue weighted by atomic mass is 16.4. The third-order valence-corrected chi connectivity index (χ3v) is 2.47. The summed E-state index contributed by atoms with van der Waals surface area (Å²) in [4.78, 5) is 16.7. The normalized spacial score (nSPS) is 13.0. The molecule has 0 saturated carbocycles. The van der Waals surface area contributed by atoms with Gasteiger partial charge in [0.1, 0.15) is 11.9 Å². The molecule has 1 aromatic rings. The van der Waals surface area contributed by atoms with E-state index in [1.165, 1.54) is 0 Å². The Morgan fingerprint density at radius 3 is 2.94 bits per heavy atom. The topological polar surface area (TPSA) is 84.4 Å². The van der Waals surface area contributed by atoms with E-state index in [0.717, 1.165) is 5.82 Å². The number of nitrogens with two attached hydrogens (primary N) is 1. The van der Waals surface area contributed by atoms with Gasteiger partial charge in [-0.05, 0) is 13.5 Å². The molecule has 90 valence electrons. The summed E-state index contributed by atoms with van der Waals surface area (Å²) in [6.07, 6.45) is 4.06. The summed E-state index contributed by atoms with van der Waals surface area (Å²) in [6.45, 7) is 1.33. The van der Waals surface area contributed by atoms with Crippen LogP contribution in [0.15, 0.2) is 12.4 Å². The Morgan fingerprint density at radius 2 is 2.44 bits per heavy atom. The van der Waals surface area contributed by atoms with Crippen LogP contribution in [0.5, 0.6) is 0 Å². The minimum atomic E-state index is -0.953. The molecule has 1 rings (SSSR count). The van der Waals surface area contributed by atoms with Gasteiger partial charge in [0.05, 0.1) is 6.54 Å². The van der Waals surface area contributed by atoms with Crippen molar-refractivity contribution in [1.82, 2.24) is 14.5 Å². The monoisotopic (exact) mass is 226 g/mol. The van der Waals surface area contributed by atoms with Gasteiger partial charge in [-0.3, -0.25) is 9.69 Å². The Morgan fingerprint density at radius 1 is 1.75 bits per heavy atom. The maximum atomic E-state index is 10.5. The van der Waals surface area contributed by atoms with E-state index in [4.69, 9.17) is 10.8 Å². The maximum Gasteiger partial charge on any atom is 0.320 e. The van der Waals surface area contributed by atoms with Crippen molar-refractivity contribution in [2.45, 2.75) is 19.0 Å². The van der Waals surface area contributed by atoms with Gasteiger partial charge in [-0.15, -0.1) is 0 Å². The Labute approximate surface area is 94.7 Å². The van der Waals surface area contributed by atoms with E-state index in [1.807, 2.05) is 29.8 Å². The Bertz CT molecular complexity index is 350. The lowest BCUT2D eigenvalue weighted by molar-refractivity contribution is -0.138. The number of aryl methyl sites for hydroxylation is 1. The zero-order valence-corrected chi connectivity index (χ0v) is 9.63. The Balaban J connectivity index is 2.34. The highest BCUT2D eigenvalue weighted by Gasteiger charge is 2.12. The second kappa shape index (κ2) is 5.62. The summed E-state index contributed by atoms with van der Waals surface area (Å²) < 4.78 is 1.94. The zero-order valence-electron chi connectivity index (χ0n) is 9.63. The first kappa shape index (κ1) is 12.7. The van der Waals surface area contributed by atoms with Gasteiger partial charge < -0.3 is 15.4 Å². The number of nitrogens with zero attached hydrogens (tertiary/aromatic N) is 3. The number of hydrogen-bond acceptors (Lipinski definition) is 4. The van der Waals surface area contributed by atoms with Crippen LogP contribution in [0.4, 0.5) is 0 Å². The second-order valence-electron chi connectivity index (χ2n) is 3.93. The fourth-order valence-corrected chi connectivity index (χ4v) is 1.35. The van der Waals surface area contributed by atoms with Crippen LogP contribution in [0.25, 0.3) is 0 Å². The number of carboxylic acids is 1. The van der Waals surface area contributed by atoms with Gasteiger partial charge in [0.2, 0.25) is 0 Å². The molecule has 0 aliphatic heterocycles. The van der Waals surface area contributed by atoms with E-state index >= 15 is 0 Å². The van der Waals surface area contributed by atoms with Crippen molar-refractivity contribution in [3.63, 3.8) is 0 Å². The average molecular weight is 226 g/mol. The third kappa shape index (κ3) is 3.63. The van der Waals surface area contributed by atoms with Crippen molar-refractivity contribution < 1.29 is 9.90 Å². The fourth-order valence-electron chi connectivity index (χ4n) is 1.35. The molecule has 1 unspecified atom stereocenters. The summed E-state index contributed by atoms with van der Waals surface area (Å²) in [5.41, 5.74) is 5.42. The molecule has 0 radical (unpaired) electrons. The van der Waals surface area contributed by atoms with Crippen molar-refractivity contribution in [2.75, 3.05) is 13.6 Å². The number of carbonyl (C=O) groups is 1. The van der Waals surface area contributed by atoms with Crippen molar-refractivity contribution in [2.24, 2.45) is 12.8 Å². The number of aromatic nitrogens is 2. The summed E-state index contributed by atoms with van der Waals surface area (Å²) in [5, 5.41) is 8.64. The van der Waals surface area contributed by atoms with Crippen LogP contribution in [0.2, 0.25) is 0 Å². The minimum Gasteiger partial charge on any atom is -0.480 e. The standard InChI is InChI=1S/C10H18N4O2/c1-13(5-3-8(11)10(15)16)7-9-12-4-6-14(9)2/h4,6,8H,3,5,7,11H2,1-2H3,(H,15,16). The number of rotatable bonds is 6. The summed E-state index contributed by atoms with van der Waals surface area (Å²) >= 11 is 0. The van der Waals surface area contributed by atoms with Gasteiger partial charge in [0.25, 0.3) is 0 Å². The first-order valence-electron chi connectivity index (χ1n) is 5.14. The molecule has 0 aromatic carbocycles. The zero-order chi connectivity index (χ0) is 12.1. The van der Waals surface area contributed by atoms with Crippen LogP contribution < -0.4 is 5.73 Å². The molecule has 0 aliphatic rings. The van der Waals surface area contributed by atoms with Crippen LogP contribution in [0, 0.1) is 0 Å². The molecule has 6 heteroatoms. The largest absolute Gasteiger partial charge is 0.480 e. The van der Waals surface area contributed by atoms with Gasteiger partial charge in [-0.1, -0.05) is 0 Å². The first-order valence-corrected chi connectivity index (χ1v) is 5.14. The van der Waals surface area contributed by atoms with E-state index in [0.29, 0.717) is 19.5 Å². The van der Waals surface area contributed by atoms with Gasteiger partial charge in [-0.2, -0.15) is 0 Å². The number of hydrogen-bond donors (Lipinski definition) is 2. The molecule has 1 atom stereocenters.